The van der Waals surface area contributed by atoms with Crippen LogP contribution in [0.25, 0.3) is 0 Å². The molecule has 0 saturated heterocycles. The maximum Gasteiger partial charge on any atom is 0.305 e. The Morgan fingerprint density at radius 3 is 2.35 bits per heavy atom. The normalized spacial score (nSPS) is 19.5. The van der Waals surface area contributed by atoms with Gasteiger partial charge in [0, 0.05) is 6.04 Å². The van der Waals surface area contributed by atoms with Gasteiger partial charge in [0.1, 0.15) is 0 Å². The van der Waals surface area contributed by atoms with E-state index in [1.807, 2.05) is 24.3 Å². The Hall–Kier alpha value is -1.39. The molecule has 2 atom stereocenters. The van der Waals surface area contributed by atoms with E-state index in [-0.39, 0.29) is 6.42 Å². The first-order valence-corrected chi connectivity index (χ1v) is 7.33. The van der Waals surface area contributed by atoms with Crippen LogP contribution < -0.4 is 5.73 Å². The first-order chi connectivity index (χ1) is 9.58. The Balaban J connectivity index is 2.01. The number of aliphatic carboxylic acids is 1. The van der Waals surface area contributed by atoms with E-state index in [9.17, 15) is 9.90 Å². The lowest BCUT2D eigenvalue weighted by atomic mass is 9.83. The Morgan fingerprint density at radius 1 is 1.20 bits per heavy atom. The van der Waals surface area contributed by atoms with Gasteiger partial charge >= 0.3 is 5.97 Å². The summed E-state index contributed by atoms with van der Waals surface area (Å²) in [6.45, 7) is 0. The predicted molar refractivity (Wildman–Crippen MR) is 77.5 cm³/mol. The molecule has 20 heavy (non-hydrogen) atoms. The molecule has 1 saturated carbocycles. The fourth-order valence-corrected chi connectivity index (χ4v) is 2.96. The molecule has 2 rings (SSSR count). The Morgan fingerprint density at radius 2 is 1.80 bits per heavy atom. The van der Waals surface area contributed by atoms with E-state index < -0.39 is 18.1 Å². The van der Waals surface area contributed by atoms with Crippen molar-refractivity contribution < 1.29 is 15.0 Å². The fourth-order valence-electron chi connectivity index (χ4n) is 2.96. The van der Waals surface area contributed by atoms with Crippen LogP contribution >= 0.6 is 0 Å². The van der Waals surface area contributed by atoms with Gasteiger partial charge in [-0.2, -0.15) is 0 Å². The average Bonchev–Trinajstić information content (AvgIpc) is 2.47. The number of nitrogens with two attached hydrogens (primary N) is 1. The molecule has 1 fully saturated rings. The summed E-state index contributed by atoms with van der Waals surface area (Å²) in [5, 5.41) is 18.8. The molecule has 110 valence electrons. The molecule has 0 aromatic heterocycles. The molecule has 0 heterocycles. The molecule has 4 N–H and O–H groups in total. The van der Waals surface area contributed by atoms with E-state index in [4.69, 9.17) is 10.8 Å². The molecule has 0 radical (unpaired) electrons. The van der Waals surface area contributed by atoms with Crippen LogP contribution in [0.2, 0.25) is 0 Å². The molecule has 0 spiro atoms. The molecule has 1 aromatic carbocycles. The van der Waals surface area contributed by atoms with Crippen molar-refractivity contribution in [2.24, 2.45) is 5.73 Å². The zero-order chi connectivity index (χ0) is 14.5. The molecule has 0 bridgehead atoms. The first kappa shape index (κ1) is 15.0. The van der Waals surface area contributed by atoms with Crippen molar-refractivity contribution in [3.05, 3.63) is 35.4 Å². The molecule has 1 aromatic rings. The highest BCUT2D eigenvalue weighted by Crippen LogP contribution is 2.33. The van der Waals surface area contributed by atoms with Crippen molar-refractivity contribution >= 4 is 5.97 Å². The third kappa shape index (κ3) is 3.81. The molecular formula is C16H23NO3. The molecule has 4 nitrogen and oxygen atoms in total. The zero-order valence-corrected chi connectivity index (χ0v) is 11.7. The average molecular weight is 277 g/mol. The summed E-state index contributed by atoms with van der Waals surface area (Å²) >= 11 is 0. The largest absolute Gasteiger partial charge is 0.481 e. The second kappa shape index (κ2) is 6.86. The maximum absolute atomic E-state index is 10.6. The van der Waals surface area contributed by atoms with Crippen LogP contribution in [0.4, 0.5) is 0 Å². The van der Waals surface area contributed by atoms with Crippen molar-refractivity contribution in [2.75, 3.05) is 0 Å². The monoisotopic (exact) mass is 277 g/mol. The fraction of sp³-hybridized carbons (Fsp3) is 0.562. The van der Waals surface area contributed by atoms with Crippen LogP contribution in [0.1, 0.15) is 61.7 Å². The van der Waals surface area contributed by atoms with Crippen LogP contribution in [-0.2, 0) is 4.79 Å². The topological polar surface area (TPSA) is 83.6 Å². The summed E-state index contributed by atoms with van der Waals surface area (Å²) in [5.74, 6) is -0.363. The summed E-state index contributed by atoms with van der Waals surface area (Å²) in [6.07, 6.45) is 5.23. The lowest BCUT2D eigenvalue weighted by Gasteiger charge is -2.23. The second-order valence-corrected chi connectivity index (χ2v) is 5.71. The minimum absolute atomic E-state index is 0.231. The quantitative estimate of drug-likeness (QED) is 0.772. The summed E-state index contributed by atoms with van der Waals surface area (Å²) in [5.41, 5.74) is 7.71. The number of carboxylic acids is 1. The third-order valence-corrected chi connectivity index (χ3v) is 4.17. The molecule has 4 heteroatoms. The van der Waals surface area contributed by atoms with Gasteiger partial charge < -0.3 is 15.9 Å². The highest BCUT2D eigenvalue weighted by atomic mass is 16.4. The number of rotatable bonds is 5. The van der Waals surface area contributed by atoms with Crippen molar-refractivity contribution in [1.82, 2.24) is 0 Å². The molecular weight excluding hydrogens is 254 g/mol. The Bertz CT molecular complexity index is 438. The van der Waals surface area contributed by atoms with Gasteiger partial charge in [-0.1, -0.05) is 43.5 Å². The van der Waals surface area contributed by atoms with Gasteiger partial charge in [-0.15, -0.1) is 0 Å². The van der Waals surface area contributed by atoms with Crippen LogP contribution in [0.5, 0.6) is 0 Å². The number of hydrogen-bond donors (Lipinski definition) is 3. The predicted octanol–water partition coefficient (Wildman–Crippen LogP) is 2.57. The summed E-state index contributed by atoms with van der Waals surface area (Å²) < 4.78 is 0. The Kier molecular flexibility index (Phi) is 5.15. The number of carbonyl (C=O) groups is 1. The van der Waals surface area contributed by atoms with Crippen LogP contribution in [0.3, 0.4) is 0 Å². The SMILES string of the molecule is NC(CC(=O)O)C(O)c1ccc(C2CCCCC2)cc1. The van der Waals surface area contributed by atoms with Crippen LogP contribution in [0, 0.1) is 0 Å². The van der Waals surface area contributed by atoms with Gasteiger partial charge in [-0.05, 0) is 29.9 Å². The van der Waals surface area contributed by atoms with Crippen molar-refractivity contribution in [3.63, 3.8) is 0 Å². The molecule has 0 aliphatic heterocycles. The van der Waals surface area contributed by atoms with E-state index in [0.29, 0.717) is 11.5 Å². The number of aliphatic hydroxyl groups is 1. The maximum atomic E-state index is 10.6. The van der Waals surface area contributed by atoms with E-state index in [1.54, 1.807) is 0 Å². The van der Waals surface area contributed by atoms with Crippen molar-refractivity contribution in [3.8, 4) is 0 Å². The highest BCUT2D eigenvalue weighted by Gasteiger charge is 2.20. The minimum Gasteiger partial charge on any atom is -0.481 e. The van der Waals surface area contributed by atoms with Gasteiger partial charge in [0.2, 0.25) is 0 Å². The molecule has 0 amide bonds. The van der Waals surface area contributed by atoms with Gasteiger partial charge in [-0.25, -0.2) is 0 Å². The number of carboxylic acid groups (broad SMARTS) is 1. The first-order valence-electron chi connectivity index (χ1n) is 7.33. The summed E-state index contributed by atoms with van der Waals surface area (Å²) in [6, 6.07) is 7.06. The number of benzene rings is 1. The van der Waals surface area contributed by atoms with Crippen LogP contribution in [-0.4, -0.2) is 22.2 Å². The minimum atomic E-state index is -0.990. The lowest BCUT2D eigenvalue weighted by molar-refractivity contribution is -0.138. The second-order valence-electron chi connectivity index (χ2n) is 5.71. The van der Waals surface area contributed by atoms with Crippen molar-refractivity contribution in [2.45, 2.75) is 56.6 Å². The standard InChI is InChI=1S/C16H23NO3/c17-14(10-15(18)19)16(20)13-8-6-12(7-9-13)11-4-2-1-3-5-11/h6-9,11,14,16,20H,1-5,10,17H2,(H,18,19). The van der Waals surface area contributed by atoms with Crippen LogP contribution in [0.15, 0.2) is 24.3 Å². The zero-order valence-electron chi connectivity index (χ0n) is 11.7. The van der Waals surface area contributed by atoms with E-state index in [2.05, 4.69) is 0 Å². The molecule has 1 aliphatic rings. The lowest BCUT2D eigenvalue weighted by Crippen LogP contribution is -2.30. The smallest absolute Gasteiger partial charge is 0.305 e. The van der Waals surface area contributed by atoms with Crippen molar-refractivity contribution in [1.29, 1.82) is 0 Å². The van der Waals surface area contributed by atoms with E-state index >= 15 is 0 Å². The van der Waals surface area contributed by atoms with E-state index in [1.165, 1.54) is 37.7 Å². The summed E-state index contributed by atoms with van der Waals surface area (Å²) in [7, 11) is 0. The number of hydrogen-bond acceptors (Lipinski definition) is 3. The number of aliphatic hydroxyl groups excluding tert-OH is 1. The highest BCUT2D eigenvalue weighted by molar-refractivity contribution is 5.67. The van der Waals surface area contributed by atoms with Gasteiger partial charge in [0.15, 0.2) is 0 Å². The van der Waals surface area contributed by atoms with Gasteiger partial charge in [0.05, 0.1) is 12.5 Å². The van der Waals surface area contributed by atoms with Gasteiger partial charge in [-0.3, -0.25) is 4.79 Å². The summed E-state index contributed by atoms with van der Waals surface area (Å²) in [4.78, 5) is 10.6. The molecule has 2 unspecified atom stereocenters. The third-order valence-electron chi connectivity index (χ3n) is 4.17. The van der Waals surface area contributed by atoms with E-state index in [0.717, 1.165) is 0 Å². The molecule has 1 aliphatic carbocycles. The Labute approximate surface area is 119 Å². The van der Waals surface area contributed by atoms with Gasteiger partial charge in [0.25, 0.3) is 0 Å².